The molecule has 1 aliphatic rings. The van der Waals surface area contributed by atoms with Crippen LogP contribution in [0.2, 0.25) is 0 Å². The molecule has 0 saturated carbocycles. The molecule has 0 fully saturated rings. The van der Waals surface area contributed by atoms with Gasteiger partial charge in [-0.2, -0.15) is 0 Å². The van der Waals surface area contributed by atoms with Gasteiger partial charge in [-0.25, -0.2) is 0 Å². The molecule has 0 atom stereocenters. The van der Waals surface area contributed by atoms with Gasteiger partial charge in [0.1, 0.15) is 0 Å². The lowest BCUT2D eigenvalue weighted by Crippen LogP contribution is -1.91. The first-order valence-electron chi connectivity index (χ1n) is 5.53. The molecule has 0 amide bonds. The highest BCUT2D eigenvalue weighted by atomic mass is 14.1. The van der Waals surface area contributed by atoms with E-state index in [0.717, 1.165) is 0 Å². The minimum absolute atomic E-state index is 1.27. The third-order valence-corrected chi connectivity index (χ3v) is 2.03. The third-order valence-electron chi connectivity index (χ3n) is 2.03. The Bertz CT molecular complexity index is 170. The molecule has 0 aromatic rings. The van der Waals surface area contributed by atoms with Crippen molar-refractivity contribution in [1.82, 2.24) is 0 Å². The first kappa shape index (κ1) is 15.0. The Kier molecular flexibility index (Phi) is 11.0. The van der Waals surface area contributed by atoms with Gasteiger partial charge in [-0.15, -0.1) is 0 Å². The monoisotopic (exact) mass is 182 g/mol. The van der Waals surface area contributed by atoms with E-state index in [-0.39, 0.29) is 0 Å². The molecule has 0 bridgehead atoms. The average molecular weight is 182 g/mol. The normalized spacial score (nSPS) is 14.8. The SMILES string of the molecule is CC.CC.CC1=CC(C)=C(C)CC1. The van der Waals surface area contributed by atoms with Crippen molar-refractivity contribution in [3.63, 3.8) is 0 Å². The first-order chi connectivity index (χ1) is 6.20. The van der Waals surface area contributed by atoms with Gasteiger partial charge >= 0.3 is 0 Å². The molecular formula is C13H26. The van der Waals surface area contributed by atoms with E-state index in [0.29, 0.717) is 0 Å². The predicted octanol–water partition coefficient (Wildman–Crippen LogP) is 5.12. The second-order valence-electron chi connectivity index (χ2n) is 2.95. The van der Waals surface area contributed by atoms with Gasteiger partial charge in [0.25, 0.3) is 0 Å². The molecule has 0 heterocycles. The first-order valence-corrected chi connectivity index (χ1v) is 5.53. The molecular weight excluding hydrogens is 156 g/mol. The van der Waals surface area contributed by atoms with Crippen molar-refractivity contribution in [3.8, 4) is 0 Å². The van der Waals surface area contributed by atoms with E-state index in [9.17, 15) is 0 Å². The number of allylic oxidation sites excluding steroid dienone is 4. The van der Waals surface area contributed by atoms with Crippen LogP contribution in [0.3, 0.4) is 0 Å². The van der Waals surface area contributed by atoms with Crippen LogP contribution >= 0.6 is 0 Å². The largest absolute Gasteiger partial charge is 0.0727 e. The molecule has 0 unspecified atom stereocenters. The standard InChI is InChI=1S/C9H14.2C2H6/c1-7-4-5-8(2)9(3)6-7;2*1-2/h6H,4-5H2,1-3H3;2*1-2H3. The Morgan fingerprint density at radius 2 is 1.31 bits per heavy atom. The summed E-state index contributed by atoms with van der Waals surface area (Å²) < 4.78 is 0. The van der Waals surface area contributed by atoms with Crippen LogP contribution in [0.25, 0.3) is 0 Å². The van der Waals surface area contributed by atoms with Crippen LogP contribution in [-0.4, -0.2) is 0 Å². The summed E-state index contributed by atoms with van der Waals surface area (Å²) in [6, 6.07) is 0. The molecule has 0 spiro atoms. The Hall–Kier alpha value is -0.520. The van der Waals surface area contributed by atoms with E-state index in [4.69, 9.17) is 0 Å². The Balaban J connectivity index is 0. The summed E-state index contributed by atoms with van der Waals surface area (Å²) in [5.74, 6) is 0. The molecule has 0 N–H and O–H groups in total. The Morgan fingerprint density at radius 3 is 1.62 bits per heavy atom. The van der Waals surface area contributed by atoms with Gasteiger partial charge in [0.15, 0.2) is 0 Å². The van der Waals surface area contributed by atoms with Crippen molar-refractivity contribution in [2.24, 2.45) is 0 Å². The Morgan fingerprint density at radius 1 is 0.846 bits per heavy atom. The minimum Gasteiger partial charge on any atom is -0.0727 e. The van der Waals surface area contributed by atoms with Gasteiger partial charge in [0.2, 0.25) is 0 Å². The van der Waals surface area contributed by atoms with E-state index in [2.05, 4.69) is 26.8 Å². The number of rotatable bonds is 0. The molecule has 0 radical (unpaired) electrons. The lowest BCUT2D eigenvalue weighted by atomic mass is 9.95. The maximum absolute atomic E-state index is 2.29. The van der Waals surface area contributed by atoms with Crippen molar-refractivity contribution in [3.05, 3.63) is 22.8 Å². The van der Waals surface area contributed by atoms with Crippen molar-refractivity contribution < 1.29 is 0 Å². The van der Waals surface area contributed by atoms with E-state index in [1.54, 1.807) is 5.57 Å². The second-order valence-corrected chi connectivity index (χ2v) is 2.95. The zero-order chi connectivity index (χ0) is 10.9. The summed E-state index contributed by atoms with van der Waals surface area (Å²) in [7, 11) is 0. The fourth-order valence-corrected chi connectivity index (χ4v) is 1.15. The van der Waals surface area contributed by atoms with E-state index in [1.807, 2.05) is 27.7 Å². The van der Waals surface area contributed by atoms with E-state index >= 15 is 0 Å². The van der Waals surface area contributed by atoms with Crippen LogP contribution in [0, 0.1) is 0 Å². The van der Waals surface area contributed by atoms with Crippen molar-refractivity contribution in [2.75, 3.05) is 0 Å². The molecule has 1 rings (SSSR count). The number of hydrogen-bond donors (Lipinski definition) is 0. The number of hydrogen-bond acceptors (Lipinski definition) is 0. The van der Waals surface area contributed by atoms with Crippen LogP contribution in [-0.2, 0) is 0 Å². The molecule has 78 valence electrons. The summed E-state index contributed by atoms with van der Waals surface area (Å²) in [6.45, 7) is 14.6. The molecule has 0 nitrogen and oxygen atoms in total. The highest BCUT2D eigenvalue weighted by Gasteiger charge is 2.01. The Labute approximate surface area is 84.7 Å². The van der Waals surface area contributed by atoms with Crippen LogP contribution in [0.15, 0.2) is 22.8 Å². The summed E-state index contributed by atoms with van der Waals surface area (Å²) >= 11 is 0. The van der Waals surface area contributed by atoms with Crippen LogP contribution < -0.4 is 0 Å². The third kappa shape index (κ3) is 6.62. The zero-order valence-electron chi connectivity index (χ0n) is 10.5. The lowest BCUT2D eigenvalue weighted by molar-refractivity contribution is 0.887. The van der Waals surface area contributed by atoms with Gasteiger partial charge in [-0.05, 0) is 33.6 Å². The van der Waals surface area contributed by atoms with Gasteiger partial charge < -0.3 is 0 Å². The van der Waals surface area contributed by atoms with Crippen molar-refractivity contribution in [2.45, 2.75) is 61.3 Å². The molecule has 1 aliphatic carbocycles. The maximum atomic E-state index is 2.29. The highest BCUT2D eigenvalue weighted by molar-refractivity contribution is 5.29. The molecule has 13 heavy (non-hydrogen) atoms. The highest BCUT2D eigenvalue weighted by Crippen LogP contribution is 2.22. The molecule has 0 heteroatoms. The van der Waals surface area contributed by atoms with Crippen LogP contribution in [0.4, 0.5) is 0 Å². The van der Waals surface area contributed by atoms with Crippen LogP contribution in [0.1, 0.15) is 61.3 Å². The van der Waals surface area contributed by atoms with E-state index < -0.39 is 0 Å². The smallest absolute Gasteiger partial charge is 0.0280 e. The maximum Gasteiger partial charge on any atom is -0.0280 e. The van der Waals surface area contributed by atoms with Gasteiger partial charge in [-0.3, -0.25) is 0 Å². The molecule has 0 aliphatic heterocycles. The van der Waals surface area contributed by atoms with Gasteiger partial charge in [-0.1, -0.05) is 50.5 Å². The summed E-state index contributed by atoms with van der Waals surface area (Å²) in [6.07, 6.45) is 4.83. The minimum atomic E-state index is 1.27. The topological polar surface area (TPSA) is 0 Å². The van der Waals surface area contributed by atoms with Gasteiger partial charge in [0.05, 0.1) is 0 Å². The summed E-state index contributed by atoms with van der Waals surface area (Å²) in [5.41, 5.74) is 4.55. The predicted molar refractivity (Wildman–Crippen MR) is 64.1 cm³/mol. The molecule has 0 aromatic carbocycles. The van der Waals surface area contributed by atoms with Crippen LogP contribution in [0.5, 0.6) is 0 Å². The van der Waals surface area contributed by atoms with Gasteiger partial charge in [0, 0.05) is 0 Å². The quantitative estimate of drug-likeness (QED) is 0.488. The van der Waals surface area contributed by atoms with Crippen molar-refractivity contribution in [1.29, 1.82) is 0 Å². The lowest BCUT2D eigenvalue weighted by Gasteiger charge is -2.11. The fraction of sp³-hybridized carbons (Fsp3) is 0.692. The average Bonchev–Trinajstić information content (AvgIpc) is 2.18. The molecule has 0 aromatic heterocycles. The fourth-order valence-electron chi connectivity index (χ4n) is 1.15. The summed E-state index contributed by atoms with van der Waals surface area (Å²) in [5, 5.41) is 0. The van der Waals surface area contributed by atoms with E-state index in [1.165, 1.54) is 24.0 Å². The zero-order valence-corrected chi connectivity index (χ0v) is 10.5. The summed E-state index contributed by atoms with van der Waals surface area (Å²) in [4.78, 5) is 0. The second kappa shape index (κ2) is 9.57. The molecule has 0 saturated heterocycles. The van der Waals surface area contributed by atoms with Crippen molar-refractivity contribution >= 4 is 0 Å².